The molecule has 0 bridgehead atoms. The van der Waals surface area contributed by atoms with Crippen LogP contribution in [-0.4, -0.2) is 74.9 Å². The summed E-state index contributed by atoms with van der Waals surface area (Å²) >= 11 is 0. The average molecular weight is 325 g/mol. The summed E-state index contributed by atoms with van der Waals surface area (Å²) < 4.78 is 15.1. The van der Waals surface area contributed by atoms with Crippen molar-refractivity contribution in [3.8, 4) is 0 Å². The van der Waals surface area contributed by atoms with Gasteiger partial charge in [-0.15, -0.1) is 0 Å². The topological polar surface area (TPSA) is 18.5 Å². The fraction of sp³-hybridized carbons (Fsp3) is 1.00. The Kier molecular flexibility index (Phi) is 4.24. The van der Waals surface area contributed by atoms with Gasteiger partial charge in [0.25, 0.3) is 0 Å². The van der Waals surface area contributed by atoms with E-state index in [4.69, 9.17) is 9.47 Å². The maximum Gasteiger partial charge on any atom is 0.193 e. The average Bonchev–Trinajstić information content (AvgIpc) is 3.18. The fourth-order valence-electron chi connectivity index (χ4n) is 5.61. The van der Waals surface area contributed by atoms with E-state index in [9.17, 15) is 0 Å². The summed E-state index contributed by atoms with van der Waals surface area (Å²) in [5.41, 5.74) is 0.312. The molecule has 4 heterocycles. The molecule has 0 aromatic heterocycles. The number of piperidine rings is 2. The van der Waals surface area contributed by atoms with Crippen molar-refractivity contribution >= 4 is 0 Å². The van der Waals surface area contributed by atoms with E-state index in [1.54, 1.807) is 0 Å². The summed E-state index contributed by atoms with van der Waals surface area (Å²) in [5, 5.41) is 0. The van der Waals surface area contributed by atoms with E-state index in [1.807, 2.05) is 0 Å². The zero-order valence-electron chi connectivity index (χ0n) is 15.3. The molecule has 132 valence electrons. The monoisotopic (exact) mass is 324 g/mol. The molecule has 4 nitrogen and oxygen atoms in total. The molecule has 23 heavy (non-hydrogen) atoms. The van der Waals surface area contributed by atoms with Crippen LogP contribution in [0.4, 0.5) is 0 Å². The molecule has 4 aliphatic rings. The van der Waals surface area contributed by atoms with E-state index < -0.39 is 0 Å². The second-order valence-corrected chi connectivity index (χ2v) is 9.41. The van der Waals surface area contributed by atoms with Gasteiger partial charge < -0.3 is 18.4 Å². The Hall–Kier alpha value is -0.160. The summed E-state index contributed by atoms with van der Waals surface area (Å²) in [4.78, 5) is 0. The molecule has 4 fully saturated rings. The number of hydrogen-bond donors (Lipinski definition) is 0. The zero-order valence-corrected chi connectivity index (χ0v) is 15.3. The van der Waals surface area contributed by atoms with Gasteiger partial charge in [0.2, 0.25) is 0 Å². The molecule has 4 rings (SSSR count). The molecule has 2 atom stereocenters. The number of ether oxygens (including phenoxy) is 2. The molecule has 1 spiro atoms. The van der Waals surface area contributed by atoms with E-state index >= 15 is 0 Å². The first-order valence-corrected chi connectivity index (χ1v) is 9.96. The normalized spacial score (nSPS) is 38.9. The summed E-state index contributed by atoms with van der Waals surface area (Å²) in [6, 6.07) is 0. The molecule has 0 amide bonds. The van der Waals surface area contributed by atoms with Gasteiger partial charge in [0.1, 0.15) is 0 Å². The third-order valence-electron chi connectivity index (χ3n) is 7.45. The summed E-state index contributed by atoms with van der Waals surface area (Å²) in [7, 11) is 4.85. The third kappa shape index (κ3) is 2.97. The van der Waals surface area contributed by atoms with Gasteiger partial charge in [0.05, 0.1) is 53.5 Å². The molecule has 0 aromatic carbocycles. The van der Waals surface area contributed by atoms with Crippen LogP contribution in [0.5, 0.6) is 0 Å². The van der Waals surface area contributed by atoms with Crippen molar-refractivity contribution in [2.45, 2.75) is 63.8 Å². The van der Waals surface area contributed by atoms with Crippen molar-refractivity contribution in [1.82, 2.24) is 0 Å². The first-order chi connectivity index (χ1) is 11.0. The van der Waals surface area contributed by atoms with E-state index in [1.165, 1.54) is 77.5 Å². The quantitative estimate of drug-likeness (QED) is 0.727. The molecular formula is C19H36N2O2+2. The maximum absolute atomic E-state index is 6.39. The van der Waals surface area contributed by atoms with Crippen LogP contribution in [0.15, 0.2) is 0 Å². The highest BCUT2D eigenvalue weighted by atomic mass is 16.5. The van der Waals surface area contributed by atoms with Crippen LogP contribution in [0.2, 0.25) is 0 Å². The van der Waals surface area contributed by atoms with Crippen LogP contribution in [-0.2, 0) is 9.47 Å². The number of nitrogens with zero attached hydrogens (tertiary/aromatic N) is 2. The predicted molar refractivity (Wildman–Crippen MR) is 90.7 cm³/mol. The van der Waals surface area contributed by atoms with Gasteiger partial charge in [0.15, 0.2) is 12.5 Å². The second kappa shape index (κ2) is 5.98. The van der Waals surface area contributed by atoms with Crippen LogP contribution < -0.4 is 0 Å². The third-order valence-corrected chi connectivity index (χ3v) is 7.45. The van der Waals surface area contributed by atoms with Crippen molar-refractivity contribution in [2.75, 3.05) is 53.5 Å². The molecular weight excluding hydrogens is 288 g/mol. The van der Waals surface area contributed by atoms with E-state index in [0.717, 1.165) is 22.2 Å². The highest BCUT2D eigenvalue weighted by Crippen LogP contribution is 2.47. The molecule has 0 radical (unpaired) electrons. The number of quaternary nitrogens is 2. The van der Waals surface area contributed by atoms with Crippen LogP contribution in [0, 0.1) is 5.41 Å². The lowest BCUT2D eigenvalue weighted by atomic mass is 9.84. The number of likely N-dealkylation sites (tertiary alicyclic amines) is 2. The lowest BCUT2D eigenvalue weighted by molar-refractivity contribution is -0.957. The second-order valence-electron chi connectivity index (χ2n) is 9.41. The smallest absolute Gasteiger partial charge is 0.193 e. The first kappa shape index (κ1) is 16.3. The van der Waals surface area contributed by atoms with Gasteiger partial charge in [-0.2, -0.15) is 0 Å². The minimum atomic E-state index is 0.312. The number of hydrogen-bond acceptors (Lipinski definition) is 2. The lowest BCUT2D eigenvalue weighted by Gasteiger charge is -2.42. The molecule has 0 unspecified atom stereocenters. The van der Waals surface area contributed by atoms with Crippen molar-refractivity contribution in [3.05, 3.63) is 0 Å². The van der Waals surface area contributed by atoms with Crippen molar-refractivity contribution in [2.24, 2.45) is 5.41 Å². The maximum atomic E-state index is 6.39. The van der Waals surface area contributed by atoms with Crippen LogP contribution in [0.25, 0.3) is 0 Å². The summed E-state index contributed by atoms with van der Waals surface area (Å²) in [6.07, 6.45) is 11.6. The van der Waals surface area contributed by atoms with Gasteiger partial charge in [-0.1, -0.05) is 0 Å². The van der Waals surface area contributed by atoms with Gasteiger partial charge in [-0.3, -0.25) is 0 Å². The van der Waals surface area contributed by atoms with Crippen LogP contribution >= 0.6 is 0 Å². The minimum absolute atomic E-state index is 0.312. The van der Waals surface area contributed by atoms with Crippen molar-refractivity contribution in [3.63, 3.8) is 0 Å². The first-order valence-electron chi connectivity index (χ1n) is 9.96. The Balaban J connectivity index is 1.41. The van der Waals surface area contributed by atoms with Crippen molar-refractivity contribution < 1.29 is 18.4 Å². The standard InChI is InChI=1S/C19H36N2O2/c1-20(9-5-3-6-10-20)17-13-19(15-22-17)14-18(23-16-19)21(2)11-7-4-8-12-21/h17-18H,3-16H2,1-2H3/q+2/t17-,18-,19?/m1/s1. The Morgan fingerprint density at radius 2 is 1.04 bits per heavy atom. The van der Waals surface area contributed by atoms with E-state index in [-0.39, 0.29) is 0 Å². The van der Waals surface area contributed by atoms with Gasteiger partial charge in [-0.05, 0) is 38.5 Å². The fourth-order valence-corrected chi connectivity index (χ4v) is 5.61. The van der Waals surface area contributed by atoms with E-state index in [2.05, 4.69) is 14.1 Å². The highest BCUT2D eigenvalue weighted by molar-refractivity contribution is 4.91. The minimum Gasteiger partial charge on any atom is -0.328 e. The number of rotatable bonds is 2. The largest absolute Gasteiger partial charge is 0.328 e. The molecule has 0 saturated carbocycles. The lowest BCUT2D eigenvalue weighted by Crippen LogP contribution is -2.55. The highest BCUT2D eigenvalue weighted by Gasteiger charge is 2.56. The SMILES string of the molecule is C[N+]1([C@H]2CC3(CO2)CO[C@@H]([N+]2(C)CCCCC2)C3)CCCCC1. The van der Waals surface area contributed by atoms with Gasteiger partial charge >= 0.3 is 0 Å². The van der Waals surface area contributed by atoms with Crippen LogP contribution in [0.3, 0.4) is 0 Å². The molecule has 4 heteroatoms. The Morgan fingerprint density at radius 3 is 1.43 bits per heavy atom. The van der Waals surface area contributed by atoms with Crippen molar-refractivity contribution in [1.29, 1.82) is 0 Å². The molecule has 0 aliphatic carbocycles. The van der Waals surface area contributed by atoms with Crippen LogP contribution in [0.1, 0.15) is 51.4 Å². The molecule has 4 saturated heterocycles. The Morgan fingerprint density at radius 1 is 0.652 bits per heavy atom. The molecule has 0 aromatic rings. The van der Waals surface area contributed by atoms with E-state index in [0.29, 0.717) is 17.9 Å². The predicted octanol–water partition coefficient (Wildman–Crippen LogP) is 2.73. The Labute approximate surface area is 141 Å². The zero-order chi connectivity index (χ0) is 16.0. The Bertz CT molecular complexity index is 387. The van der Waals surface area contributed by atoms with Gasteiger partial charge in [-0.25, -0.2) is 0 Å². The molecule has 4 aliphatic heterocycles. The molecule has 0 N–H and O–H groups in total. The van der Waals surface area contributed by atoms with Gasteiger partial charge in [0, 0.05) is 18.3 Å². The summed E-state index contributed by atoms with van der Waals surface area (Å²) in [6.45, 7) is 7.08. The summed E-state index contributed by atoms with van der Waals surface area (Å²) in [5.74, 6) is 0.